The Bertz CT molecular complexity index is 1040. The van der Waals surface area contributed by atoms with Gasteiger partial charge in [0.05, 0.1) is 11.7 Å². The lowest BCUT2D eigenvalue weighted by molar-refractivity contribution is 0.00218. The smallest absolute Gasteiger partial charge is 0.148 e. The van der Waals surface area contributed by atoms with Crippen molar-refractivity contribution in [3.8, 4) is 11.3 Å². The Labute approximate surface area is 187 Å². The van der Waals surface area contributed by atoms with Crippen molar-refractivity contribution < 1.29 is 9.13 Å². The number of hydrogen-bond donors (Lipinski definition) is 1. The molecule has 6 nitrogen and oxygen atoms in total. The highest BCUT2D eigenvalue weighted by atomic mass is 19.1. The van der Waals surface area contributed by atoms with E-state index in [2.05, 4.69) is 15.2 Å². The number of benzene rings is 1. The van der Waals surface area contributed by atoms with Gasteiger partial charge in [-0.2, -0.15) is 0 Å². The van der Waals surface area contributed by atoms with Gasteiger partial charge in [-0.3, -0.25) is 9.88 Å². The molecule has 32 heavy (non-hydrogen) atoms. The van der Waals surface area contributed by atoms with E-state index in [9.17, 15) is 4.39 Å². The second-order valence-electron chi connectivity index (χ2n) is 8.47. The Morgan fingerprint density at radius 2 is 1.91 bits per heavy atom. The van der Waals surface area contributed by atoms with Gasteiger partial charge in [0.15, 0.2) is 0 Å². The standard InChI is InChI=1S/C25H28FN5O/c26-19-6-3-7-20(15-19)28-24-16-22(18-5-4-11-27-17-18)29-25(30-24)23-8-1-2-12-31(23)21-9-13-32-14-10-21/h3-7,11,15-17,21,23H,1-2,8-10,12-14H2,(H,28,29,30)/t23-/m0/s1. The molecule has 0 spiro atoms. The Hall–Kier alpha value is -2.90. The lowest BCUT2D eigenvalue weighted by Gasteiger charge is -2.42. The average molecular weight is 434 g/mol. The van der Waals surface area contributed by atoms with Gasteiger partial charge < -0.3 is 10.1 Å². The minimum Gasteiger partial charge on any atom is -0.381 e. The van der Waals surface area contributed by atoms with Crippen LogP contribution < -0.4 is 5.32 Å². The van der Waals surface area contributed by atoms with Gasteiger partial charge >= 0.3 is 0 Å². The monoisotopic (exact) mass is 433 g/mol. The van der Waals surface area contributed by atoms with E-state index in [1.54, 1.807) is 12.3 Å². The third-order valence-electron chi connectivity index (χ3n) is 6.30. The van der Waals surface area contributed by atoms with Crippen LogP contribution in [0.2, 0.25) is 0 Å². The van der Waals surface area contributed by atoms with Crippen LogP contribution in [0.15, 0.2) is 54.9 Å². The molecule has 0 saturated carbocycles. The molecule has 1 N–H and O–H groups in total. The average Bonchev–Trinajstić information content (AvgIpc) is 2.85. The lowest BCUT2D eigenvalue weighted by Crippen LogP contribution is -2.44. The molecular formula is C25H28FN5O. The second kappa shape index (κ2) is 9.71. The molecule has 3 aromatic rings. The van der Waals surface area contributed by atoms with Crippen LogP contribution in [0.3, 0.4) is 0 Å². The fraction of sp³-hybridized carbons (Fsp3) is 0.400. The molecule has 5 rings (SSSR count). The number of piperidine rings is 1. The molecule has 2 aliphatic heterocycles. The maximum Gasteiger partial charge on any atom is 0.148 e. The largest absolute Gasteiger partial charge is 0.381 e. The summed E-state index contributed by atoms with van der Waals surface area (Å²) < 4.78 is 19.3. The third kappa shape index (κ3) is 4.79. The first-order valence-electron chi connectivity index (χ1n) is 11.4. The summed E-state index contributed by atoms with van der Waals surface area (Å²) in [5, 5.41) is 3.28. The van der Waals surface area contributed by atoms with Gasteiger partial charge in [0.1, 0.15) is 17.5 Å². The van der Waals surface area contributed by atoms with Gasteiger partial charge in [0.2, 0.25) is 0 Å². The van der Waals surface area contributed by atoms with Crippen molar-refractivity contribution in [3.05, 3.63) is 66.5 Å². The number of nitrogens with one attached hydrogen (secondary N) is 1. The SMILES string of the molecule is Fc1cccc(Nc2cc(-c3cccnc3)nc([C@@H]3CCCCN3C3CCOCC3)n2)c1. The molecule has 2 fully saturated rings. The van der Waals surface area contributed by atoms with E-state index in [-0.39, 0.29) is 11.9 Å². The third-order valence-corrected chi connectivity index (χ3v) is 6.30. The summed E-state index contributed by atoms with van der Waals surface area (Å²) in [6.45, 7) is 2.69. The van der Waals surface area contributed by atoms with Crippen molar-refractivity contribution in [2.24, 2.45) is 0 Å². The number of rotatable bonds is 5. The molecule has 2 saturated heterocycles. The number of aromatic nitrogens is 3. The van der Waals surface area contributed by atoms with Crippen LogP contribution >= 0.6 is 0 Å². The van der Waals surface area contributed by atoms with E-state index in [0.29, 0.717) is 17.5 Å². The van der Waals surface area contributed by atoms with Crippen LogP contribution in [0.1, 0.15) is 44.0 Å². The molecule has 0 amide bonds. The predicted molar refractivity (Wildman–Crippen MR) is 122 cm³/mol. The number of hydrogen-bond acceptors (Lipinski definition) is 6. The van der Waals surface area contributed by atoms with Crippen molar-refractivity contribution in [2.75, 3.05) is 25.1 Å². The van der Waals surface area contributed by atoms with Crippen LogP contribution in [-0.4, -0.2) is 45.7 Å². The molecule has 0 bridgehead atoms. The summed E-state index contributed by atoms with van der Waals surface area (Å²) in [6, 6.07) is 12.9. The van der Waals surface area contributed by atoms with Crippen LogP contribution in [0.4, 0.5) is 15.9 Å². The molecule has 166 valence electrons. The molecular weight excluding hydrogens is 405 g/mol. The highest BCUT2D eigenvalue weighted by Crippen LogP contribution is 2.35. The number of pyridine rings is 1. The van der Waals surface area contributed by atoms with E-state index >= 15 is 0 Å². The summed E-state index contributed by atoms with van der Waals surface area (Å²) in [4.78, 5) is 16.8. The summed E-state index contributed by atoms with van der Waals surface area (Å²) in [5.74, 6) is 1.20. The van der Waals surface area contributed by atoms with Gasteiger partial charge in [0, 0.05) is 49.0 Å². The fourth-order valence-corrected chi connectivity index (χ4v) is 4.74. The van der Waals surface area contributed by atoms with Gasteiger partial charge in [-0.15, -0.1) is 0 Å². The number of ether oxygens (including phenoxy) is 1. The molecule has 4 heterocycles. The number of nitrogens with zero attached hydrogens (tertiary/aromatic N) is 4. The Balaban J connectivity index is 1.52. The number of likely N-dealkylation sites (tertiary alicyclic amines) is 1. The highest BCUT2D eigenvalue weighted by molar-refractivity contribution is 5.65. The topological polar surface area (TPSA) is 63.2 Å². The maximum absolute atomic E-state index is 13.7. The molecule has 7 heteroatoms. The lowest BCUT2D eigenvalue weighted by atomic mass is 9.95. The molecule has 2 aromatic heterocycles. The Morgan fingerprint density at radius 3 is 2.72 bits per heavy atom. The predicted octanol–water partition coefficient (Wildman–Crippen LogP) is 5.13. The zero-order chi connectivity index (χ0) is 21.8. The Morgan fingerprint density at radius 1 is 1.00 bits per heavy atom. The van der Waals surface area contributed by atoms with Gasteiger partial charge in [-0.1, -0.05) is 12.5 Å². The minimum atomic E-state index is -0.283. The summed E-state index contributed by atoms with van der Waals surface area (Å²) in [6.07, 6.45) is 9.07. The van der Waals surface area contributed by atoms with E-state index in [0.717, 1.165) is 62.5 Å². The first-order valence-corrected chi connectivity index (χ1v) is 11.4. The Kier molecular flexibility index (Phi) is 6.36. The molecule has 1 atom stereocenters. The molecule has 0 radical (unpaired) electrons. The van der Waals surface area contributed by atoms with E-state index in [4.69, 9.17) is 14.7 Å². The van der Waals surface area contributed by atoms with Crippen LogP contribution in [0, 0.1) is 5.82 Å². The second-order valence-corrected chi connectivity index (χ2v) is 8.47. The van der Waals surface area contributed by atoms with Crippen LogP contribution in [0.5, 0.6) is 0 Å². The zero-order valence-corrected chi connectivity index (χ0v) is 18.1. The normalized spacial score (nSPS) is 20.2. The van der Waals surface area contributed by atoms with Gasteiger partial charge in [-0.25, -0.2) is 14.4 Å². The van der Waals surface area contributed by atoms with Gasteiger partial charge in [-0.05, 0) is 62.6 Å². The molecule has 1 aromatic carbocycles. The van der Waals surface area contributed by atoms with Gasteiger partial charge in [0.25, 0.3) is 0 Å². The number of halogens is 1. The van der Waals surface area contributed by atoms with Crippen molar-refractivity contribution in [2.45, 2.75) is 44.2 Å². The van der Waals surface area contributed by atoms with E-state index in [1.165, 1.54) is 18.6 Å². The highest BCUT2D eigenvalue weighted by Gasteiger charge is 2.33. The molecule has 0 aliphatic carbocycles. The van der Waals surface area contributed by atoms with Crippen molar-refractivity contribution in [3.63, 3.8) is 0 Å². The zero-order valence-electron chi connectivity index (χ0n) is 18.1. The summed E-state index contributed by atoms with van der Waals surface area (Å²) in [5.41, 5.74) is 2.42. The first kappa shape index (κ1) is 21.0. The quantitative estimate of drug-likeness (QED) is 0.602. The maximum atomic E-state index is 13.7. The van der Waals surface area contributed by atoms with E-state index in [1.807, 2.05) is 30.5 Å². The van der Waals surface area contributed by atoms with Crippen molar-refractivity contribution >= 4 is 11.5 Å². The number of anilines is 2. The summed E-state index contributed by atoms with van der Waals surface area (Å²) in [7, 11) is 0. The molecule has 0 unspecified atom stereocenters. The molecule has 2 aliphatic rings. The van der Waals surface area contributed by atoms with Crippen LogP contribution in [-0.2, 0) is 4.74 Å². The summed E-state index contributed by atoms with van der Waals surface area (Å²) >= 11 is 0. The van der Waals surface area contributed by atoms with E-state index < -0.39 is 0 Å². The van der Waals surface area contributed by atoms with Crippen molar-refractivity contribution in [1.82, 2.24) is 19.9 Å². The first-order chi connectivity index (χ1) is 15.8. The van der Waals surface area contributed by atoms with Crippen LogP contribution in [0.25, 0.3) is 11.3 Å². The fourth-order valence-electron chi connectivity index (χ4n) is 4.74. The minimum absolute atomic E-state index is 0.163. The van der Waals surface area contributed by atoms with Crippen molar-refractivity contribution in [1.29, 1.82) is 0 Å².